The van der Waals surface area contributed by atoms with Crippen LogP contribution in [0.1, 0.15) is 46.9 Å². The number of carbonyl (C=O) groups is 1. The summed E-state index contributed by atoms with van der Waals surface area (Å²) in [6, 6.07) is 17.2. The first-order valence-electron chi connectivity index (χ1n) is 13.2. The van der Waals surface area contributed by atoms with Gasteiger partial charge in [-0.25, -0.2) is 4.39 Å². The van der Waals surface area contributed by atoms with Gasteiger partial charge in [-0.1, -0.05) is 24.3 Å². The second kappa shape index (κ2) is 11.2. The minimum Gasteiger partial charge on any atom is -0.507 e. The summed E-state index contributed by atoms with van der Waals surface area (Å²) in [5.74, 6) is -1.88. The van der Waals surface area contributed by atoms with Crippen molar-refractivity contribution in [1.29, 1.82) is 5.26 Å². The van der Waals surface area contributed by atoms with Crippen LogP contribution < -0.4 is 20.1 Å². The van der Waals surface area contributed by atoms with Crippen molar-refractivity contribution >= 4 is 5.91 Å². The maximum Gasteiger partial charge on any atom is 0.224 e. The molecule has 1 unspecified atom stereocenters. The van der Waals surface area contributed by atoms with Crippen LogP contribution in [0.5, 0.6) is 17.2 Å². The minimum atomic E-state index is -1.89. The predicted octanol–water partition coefficient (Wildman–Crippen LogP) is 3.67. The van der Waals surface area contributed by atoms with Gasteiger partial charge in [-0.2, -0.15) is 5.26 Å². The molecule has 5 rings (SSSR count). The van der Waals surface area contributed by atoms with Crippen LogP contribution >= 0.6 is 0 Å². The number of aliphatic hydroxyl groups is 1. The van der Waals surface area contributed by atoms with Crippen LogP contribution in [0.25, 0.3) is 0 Å². The lowest BCUT2D eigenvalue weighted by atomic mass is 9.73. The van der Waals surface area contributed by atoms with Gasteiger partial charge in [-0.3, -0.25) is 4.79 Å². The molecule has 1 saturated heterocycles. The Morgan fingerprint density at radius 1 is 1.12 bits per heavy atom. The number of methoxy groups -OCH3 is 2. The van der Waals surface area contributed by atoms with Crippen molar-refractivity contribution in [2.45, 2.75) is 36.3 Å². The number of aromatic hydroxyl groups is 1. The Bertz CT molecular complexity index is 1430. The van der Waals surface area contributed by atoms with Crippen LogP contribution in [0, 0.1) is 23.1 Å². The molecular weight excluding hydrogens is 513 g/mol. The number of nitrogens with zero attached hydrogens (tertiary/aromatic N) is 1. The molecule has 1 amide bonds. The van der Waals surface area contributed by atoms with E-state index in [2.05, 4.69) is 16.7 Å². The van der Waals surface area contributed by atoms with Gasteiger partial charge in [0.1, 0.15) is 28.7 Å². The Hall–Kier alpha value is -4.13. The van der Waals surface area contributed by atoms with Crippen LogP contribution in [0.3, 0.4) is 0 Å². The minimum absolute atomic E-state index is 0.0962. The number of amides is 1. The summed E-state index contributed by atoms with van der Waals surface area (Å²) >= 11 is 0. The van der Waals surface area contributed by atoms with Crippen molar-refractivity contribution in [2.75, 3.05) is 27.3 Å². The fourth-order valence-electron chi connectivity index (χ4n) is 6.33. The summed E-state index contributed by atoms with van der Waals surface area (Å²) in [5, 5.41) is 39.9. The third kappa shape index (κ3) is 4.85. The number of rotatable bonds is 7. The predicted molar refractivity (Wildman–Crippen MR) is 146 cm³/mol. The van der Waals surface area contributed by atoms with Crippen LogP contribution in [0.2, 0.25) is 0 Å². The van der Waals surface area contributed by atoms with Gasteiger partial charge in [0.2, 0.25) is 5.91 Å². The molecule has 2 aliphatic rings. The van der Waals surface area contributed by atoms with E-state index in [0.29, 0.717) is 35.4 Å². The summed E-state index contributed by atoms with van der Waals surface area (Å²) < 4.78 is 25.5. The quantitative estimate of drug-likeness (QED) is 0.357. The second-order valence-electron chi connectivity index (χ2n) is 10.4. The van der Waals surface area contributed by atoms with Crippen LogP contribution in [-0.4, -0.2) is 49.5 Å². The molecule has 2 fully saturated rings. The first-order valence-corrected chi connectivity index (χ1v) is 13.2. The molecule has 0 radical (unpaired) electrons. The molecule has 9 heteroatoms. The molecule has 3 aromatic rings. The number of halogens is 1. The summed E-state index contributed by atoms with van der Waals surface area (Å²) in [7, 11) is 2.88. The molecule has 4 N–H and O–H groups in total. The molecule has 0 bridgehead atoms. The van der Waals surface area contributed by atoms with E-state index in [-0.39, 0.29) is 35.3 Å². The molecular formula is C31H32FN3O5. The first-order chi connectivity index (χ1) is 19.3. The summed E-state index contributed by atoms with van der Waals surface area (Å²) in [6.45, 7) is 1.25. The van der Waals surface area contributed by atoms with E-state index in [4.69, 9.17) is 9.47 Å². The topological polar surface area (TPSA) is 124 Å². The van der Waals surface area contributed by atoms with E-state index < -0.39 is 29.3 Å². The maximum atomic E-state index is 14.5. The SMILES string of the molecule is COc1cc(O)c([C@]2(O)[C@@H](NC(=O)C3CCNC3)C[C@@H](c3cccc(F)c3)[C@H]2c2ccc(C#N)cc2)c(OC)c1. The highest BCUT2D eigenvalue weighted by molar-refractivity contribution is 5.80. The average molecular weight is 546 g/mol. The van der Waals surface area contributed by atoms with E-state index in [1.807, 2.05) is 0 Å². The highest BCUT2D eigenvalue weighted by atomic mass is 19.1. The van der Waals surface area contributed by atoms with E-state index in [1.165, 1.54) is 32.4 Å². The molecule has 0 aromatic heterocycles. The fraction of sp³-hybridized carbons (Fsp3) is 0.355. The molecule has 1 aliphatic heterocycles. The number of hydrogen-bond acceptors (Lipinski definition) is 7. The smallest absolute Gasteiger partial charge is 0.224 e. The number of nitriles is 1. The monoisotopic (exact) mass is 545 g/mol. The number of phenols is 1. The molecule has 208 valence electrons. The van der Waals surface area contributed by atoms with Crippen molar-refractivity contribution in [3.8, 4) is 23.3 Å². The van der Waals surface area contributed by atoms with Gasteiger partial charge in [0, 0.05) is 24.6 Å². The maximum absolute atomic E-state index is 14.5. The fourth-order valence-corrected chi connectivity index (χ4v) is 6.33. The highest BCUT2D eigenvalue weighted by Gasteiger charge is 2.59. The van der Waals surface area contributed by atoms with Gasteiger partial charge < -0.3 is 30.3 Å². The number of benzene rings is 3. The molecule has 5 atom stereocenters. The lowest BCUT2D eigenvalue weighted by Crippen LogP contribution is -2.51. The summed E-state index contributed by atoms with van der Waals surface area (Å²) in [4.78, 5) is 13.4. The molecule has 40 heavy (non-hydrogen) atoms. The molecule has 1 heterocycles. The van der Waals surface area contributed by atoms with Crippen LogP contribution in [0.15, 0.2) is 60.7 Å². The van der Waals surface area contributed by atoms with Gasteiger partial charge in [-0.15, -0.1) is 0 Å². The Balaban J connectivity index is 1.73. The van der Waals surface area contributed by atoms with Crippen molar-refractivity contribution in [1.82, 2.24) is 10.6 Å². The van der Waals surface area contributed by atoms with Gasteiger partial charge >= 0.3 is 0 Å². The lowest BCUT2D eigenvalue weighted by molar-refractivity contribution is -0.127. The Kier molecular flexibility index (Phi) is 7.66. The lowest BCUT2D eigenvalue weighted by Gasteiger charge is -2.39. The van der Waals surface area contributed by atoms with Gasteiger partial charge in [0.05, 0.1) is 43.4 Å². The largest absolute Gasteiger partial charge is 0.507 e. The number of phenolic OH excluding ortho intramolecular Hbond substituents is 1. The van der Waals surface area contributed by atoms with Crippen LogP contribution in [0.4, 0.5) is 4.39 Å². The third-order valence-electron chi connectivity index (χ3n) is 8.23. The second-order valence-corrected chi connectivity index (χ2v) is 10.4. The highest BCUT2D eigenvalue weighted by Crippen LogP contribution is 2.60. The normalized spacial score (nSPS) is 25.8. The molecule has 1 saturated carbocycles. The molecule has 3 aromatic carbocycles. The van der Waals surface area contributed by atoms with Crippen molar-refractivity contribution < 1.29 is 28.9 Å². The van der Waals surface area contributed by atoms with Crippen molar-refractivity contribution in [2.24, 2.45) is 5.92 Å². The first kappa shape index (κ1) is 27.4. The average Bonchev–Trinajstić information content (AvgIpc) is 3.60. The van der Waals surface area contributed by atoms with Crippen molar-refractivity contribution in [3.05, 3.63) is 88.7 Å². The molecule has 8 nitrogen and oxygen atoms in total. The zero-order valence-corrected chi connectivity index (χ0v) is 22.4. The van der Waals surface area contributed by atoms with Gasteiger partial charge in [-0.05, 0) is 60.7 Å². The van der Waals surface area contributed by atoms with Crippen LogP contribution in [-0.2, 0) is 10.4 Å². The Morgan fingerprint density at radius 3 is 2.52 bits per heavy atom. The van der Waals surface area contributed by atoms with E-state index in [1.54, 1.807) is 42.5 Å². The Labute approximate surface area is 232 Å². The number of ether oxygens (including phenoxy) is 2. The molecule has 0 spiro atoms. The molecule has 1 aliphatic carbocycles. The number of carbonyl (C=O) groups excluding carboxylic acids is 1. The van der Waals surface area contributed by atoms with Crippen molar-refractivity contribution in [3.63, 3.8) is 0 Å². The van der Waals surface area contributed by atoms with E-state index in [0.717, 1.165) is 6.54 Å². The van der Waals surface area contributed by atoms with E-state index >= 15 is 0 Å². The third-order valence-corrected chi connectivity index (χ3v) is 8.23. The van der Waals surface area contributed by atoms with Gasteiger partial charge in [0.15, 0.2) is 0 Å². The zero-order valence-electron chi connectivity index (χ0n) is 22.4. The van der Waals surface area contributed by atoms with E-state index in [9.17, 15) is 24.7 Å². The standard InChI is InChI=1S/C31H32FN3O5/c1-39-23-13-25(36)29(26(14-23)40-2)31(38)27(35-30(37)21-10-11-34-17-21)15-24(20-4-3-5-22(32)12-20)28(31)19-8-6-18(16-33)7-9-19/h3-9,12-14,21,24,27-28,34,36,38H,10-11,15,17H2,1-2H3,(H,35,37)/t21?,24-,27-,28+,31-/m0/s1. The number of hydrogen-bond donors (Lipinski definition) is 4. The number of nitrogens with one attached hydrogen (secondary N) is 2. The Morgan fingerprint density at radius 2 is 1.90 bits per heavy atom. The van der Waals surface area contributed by atoms with Gasteiger partial charge in [0.25, 0.3) is 0 Å². The summed E-state index contributed by atoms with van der Waals surface area (Å²) in [6.07, 6.45) is 0.922. The summed E-state index contributed by atoms with van der Waals surface area (Å²) in [5.41, 5.74) is -0.0598. The zero-order chi connectivity index (χ0) is 28.4.